The molecule has 6 N–H and O–H groups in total. The van der Waals surface area contributed by atoms with Gasteiger partial charge in [-0.15, -0.1) is 0 Å². The van der Waals surface area contributed by atoms with Gasteiger partial charge in [-0.3, -0.25) is 14.1 Å². The van der Waals surface area contributed by atoms with Crippen molar-refractivity contribution in [3.8, 4) is 11.5 Å². The van der Waals surface area contributed by atoms with Gasteiger partial charge >= 0.3 is 16.3 Å². The van der Waals surface area contributed by atoms with E-state index in [0.29, 0.717) is 11.3 Å². The number of aliphatic carboxylic acids is 1. The summed E-state index contributed by atoms with van der Waals surface area (Å²) in [7, 11) is -3.59. The number of carbonyl (C=O) groups is 3. The summed E-state index contributed by atoms with van der Waals surface area (Å²) >= 11 is 1.04. The van der Waals surface area contributed by atoms with E-state index in [-0.39, 0.29) is 56.5 Å². The number of unbranched alkanes of at least 4 members (excludes halogenated alkanes) is 2. The number of amidine groups is 1. The van der Waals surface area contributed by atoms with Crippen LogP contribution in [0.3, 0.4) is 0 Å². The molecule has 16 nitrogen and oxygen atoms in total. The molecular weight excluding hydrogens is 765 g/mol. The SMILES string of the molecule is C=C(C)[C@@H]1CCC(C)=C[C@H]1c1c(O)cc(CCCCC)cc1OC(=NC)SC/C=C1\[C@H](NC(=O)/C(=N\OC(C)(C)C(=O)O)C2=CCC(N)=N2)C(=O)N1S(=O)(=O)O. The van der Waals surface area contributed by atoms with Crippen LogP contribution in [-0.2, 0) is 35.9 Å². The van der Waals surface area contributed by atoms with Gasteiger partial charge in [-0.1, -0.05) is 66.6 Å². The normalized spacial score (nSPS) is 21.2. The molecule has 0 radical (unpaired) electrons. The van der Waals surface area contributed by atoms with Gasteiger partial charge in [0, 0.05) is 30.7 Å². The zero-order valence-electron chi connectivity index (χ0n) is 32.4. The first-order chi connectivity index (χ1) is 26.3. The molecule has 3 atom stereocenters. The van der Waals surface area contributed by atoms with Crippen LogP contribution in [0.5, 0.6) is 11.5 Å². The van der Waals surface area contributed by atoms with Crippen LogP contribution in [0.4, 0.5) is 0 Å². The number of phenols is 1. The van der Waals surface area contributed by atoms with E-state index < -0.39 is 45.4 Å². The maximum absolute atomic E-state index is 13.5. The molecule has 56 heavy (non-hydrogen) atoms. The van der Waals surface area contributed by atoms with Crippen molar-refractivity contribution in [1.29, 1.82) is 0 Å². The Hall–Kier alpha value is -4.94. The van der Waals surface area contributed by atoms with Crippen molar-refractivity contribution < 1.29 is 47.1 Å². The van der Waals surface area contributed by atoms with Crippen molar-refractivity contribution >= 4 is 56.6 Å². The average molecular weight is 815 g/mol. The molecule has 1 aromatic carbocycles. The molecule has 0 aromatic heterocycles. The second kappa shape index (κ2) is 18.3. The summed E-state index contributed by atoms with van der Waals surface area (Å²) in [5, 5.41) is 27.1. The number of carboxylic acids is 1. The Labute approximate surface area is 331 Å². The fourth-order valence-electron chi connectivity index (χ4n) is 6.35. The number of carboxylic acid groups (broad SMARTS) is 1. The highest BCUT2D eigenvalue weighted by atomic mass is 32.2. The number of thioether (sulfide) groups is 1. The molecule has 1 saturated heterocycles. The van der Waals surface area contributed by atoms with E-state index in [1.807, 2.05) is 13.0 Å². The number of rotatable bonds is 16. The van der Waals surface area contributed by atoms with Crippen molar-refractivity contribution in [2.45, 2.75) is 97.1 Å². The van der Waals surface area contributed by atoms with Gasteiger partial charge in [0.15, 0.2) is 11.8 Å². The first kappa shape index (κ1) is 43.8. The average Bonchev–Trinajstić information content (AvgIpc) is 3.54. The number of aromatic hydroxyl groups is 1. The molecule has 4 rings (SSSR count). The predicted octanol–water partition coefficient (Wildman–Crippen LogP) is 5.13. The van der Waals surface area contributed by atoms with E-state index in [1.54, 1.807) is 6.07 Å². The minimum atomic E-state index is -5.09. The number of oxime groups is 1. The number of allylic oxidation sites excluding steroid dienone is 3. The lowest BCUT2D eigenvalue weighted by Crippen LogP contribution is -2.64. The van der Waals surface area contributed by atoms with Crippen molar-refractivity contribution in [1.82, 2.24) is 9.62 Å². The number of nitrogens with two attached hydrogens (primary N) is 1. The third kappa shape index (κ3) is 10.5. The number of aliphatic imine (C=N–C) groups is 2. The number of benzene rings is 1. The first-order valence-electron chi connectivity index (χ1n) is 18.1. The van der Waals surface area contributed by atoms with E-state index in [4.69, 9.17) is 15.3 Å². The van der Waals surface area contributed by atoms with E-state index in [9.17, 15) is 37.6 Å². The number of nitrogens with one attached hydrogen (secondary N) is 1. The highest BCUT2D eigenvalue weighted by molar-refractivity contribution is 8.13. The zero-order valence-corrected chi connectivity index (χ0v) is 34.0. The van der Waals surface area contributed by atoms with Crippen LogP contribution in [0, 0.1) is 5.92 Å². The van der Waals surface area contributed by atoms with Gasteiger partial charge in [0.1, 0.15) is 17.3 Å². The Balaban J connectivity index is 1.62. The number of amides is 2. The topological polar surface area (TPSA) is 243 Å². The van der Waals surface area contributed by atoms with Crippen LogP contribution in [-0.4, -0.2) is 86.5 Å². The zero-order chi connectivity index (χ0) is 41.5. The molecule has 3 aliphatic rings. The Kier molecular flexibility index (Phi) is 14.3. The Bertz CT molecular complexity index is 2050. The lowest BCUT2D eigenvalue weighted by atomic mass is 9.73. The summed E-state index contributed by atoms with van der Waals surface area (Å²) in [5.74, 6) is -3.18. The van der Waals surface area contributed by atoms with Gasteiger partial charge in [-0.05, 0) is 83.1 Å². The Morgan fingerprint density at radius 1 is 1.27 bits per heavy atom. The van der Waals surface area contributed by atoms with E-state index >= 15 is 0 Å². The summed E-state index contributed by atoms with van der Waals surface area (Å²) in [6.45, 7) is 12.7. The molecule has 1 fully saturated rings. The van der Waals surface area contributed by atoms with Crippen molar-refractivity contribution in [3.05, 3.63) is 70.6 Å². The van der Waals surface area contributed by atoms with Crippen molar-refractivity contribution in [2.75, 3.05) is 12.8 Å². The molecule has 1 aliphatic carbocycles. The highest BCUT2D eigenvalue weighted by Gasteiger charge is 2.50. The van der Waals surface area contributed by atoms with Gasteiger partial charge in [0.05, 0.1) is 11.4 Å². The monoisotopic (exact) mass is 814 g/mol. The van der Waals surface area contributed by atoms with Gasteiger partial charge in [0.25, 0.3) is 17.0 Å². The number of β-lactam (4-membered cyclic amide) rings is 1. The van der Waals surface area contributed by atoms with Gasteiger partial charge in [-0.2, -0.15) is 12.7 Å². The molecule has 2 aliphatic heterocycles. The lowest BCUT2D eigenvalue weighted by molar-refractivity contribution is -0.161. The maximum atomic E-state index is 13.5. The quantitative estimate of drug-likeness (QED) is 0.0277. The molecule has 0 unspecified atom stereocenters. The standard InChI is InChI=1S/C38H50N6O10S2/c1-8-9-10-11-23-19-28(45)31(25-18-22(4)12-13-24(25)21(2)3)29(20-23)53-37(40-7)55-17-16-27-33(35(47)44(27)56(50,51)52)42-34(46)32(26-14-15-30(39)41-26)43-54-38(5,6)36(48)49/h14,16,18-20,24-25,33,45H,2,8-13,15,17H2,1,3-7H3,(H2,39,41)(H,42,46)(H,48,49)(H,50,51,52)/b27-16+,40-37?,43-32-/t24-,25+,33-/m0/s1. The van der Waals surface area contributed by atoms with Crippen LogP contribution in [0.1, 0.15) is 90.2 Å². The molecule has 18 heteroatoms. The molecule has 1 aromatic rings. The third-order valence-electron chi connectivity index (χ3n) is 9.43. The maximum Gasteiger partial charge on any atom is 0.366 e. The largest absolute Gasteiger partial charge is 0.507 e. The fourth-order valence-corrected chi connectivity index (χ4v) is 7.81. The summed E-state index contributed by atoms with van der Waals surface area (Å²) < 4.78 is 40.9. The summed E-state index contributed by atoms with van der Waals surface area (Å²) in [6, 6.07) is 2.10. The van der Waals surface area contributed by atoms with Gasteiger partial charge in [-0.25, -0.2) is 14.8 Å². The molecule has 0 saturated carbocycles. The van der Waals surface area contributed by atoms with Crippen LogP contribution in [0.15, 0.2) is 74.6 Å². The number of hydrogen-bond acceptors (Lipinski definition) is 13. The fraction of sp³-hybridized carbons (Fsp3) is 0.474. The third-order valence-corrected chi connectivity index (χ3v) is 11.1. The second-order valence-electron chi connectivity index (χ2n) is 14.3. The van der Waals surface area contributed by atoms with Crippen LogP contribution in [0.2, 0.25) is 0 Å². The van der Waals surface area contributed by atoms with Crippen LogP contribution >= 0.6 is 11.8 Å². The lowest BCUT2D eigenvalue weighted by Gasteiger charge is -2.38. The van der Waals surface area contributed by atoms with E-state index in [0.717, 1.165) is 61.4 Å². The summed E-state index contributed by atoms with van der Waals surface area (Å²) in [6.07, 6.45) is 10.5. The summed E-state index contributed by atoms with van der Waals surface area (Å²) in [5.41, 5.74) is 6.68. The number of nitrogens with zero attached hydrogens (tertiary/aromatic N) is 4. The smallest absolute Gasteiger partial charge is 0.366 e. The van der Waals surface area contributed by atoms with Crippen molar-refractivity contribution in [3.63, 3.8) is 0 Å². The summed E-state index contributed by atoms with van der Waals surface area (Å²) in [4.78, 5) is 51.5. The Morgan fingerprint density at radius 3 is 2.57 bits per heavy atom. The number of phenolic OH excluding ortho intramolecular Hbond substituents is 1. The van der Waals surface area contributed by atoms with Crippen LogP contribution < -0.4 is 15.8 Å². The molecular formula is C38H50N6O10S2. The molecule has 2 heterocycles. The van der Waals surface area contributed by atoms with Gasteiger partial charge in [0.2, 0.25) is 5.60 Å². The van der Waals surface area contributed by atoms with Crippen molar-refractivity contribution in [2.24, 2.45) is 26.8 Å². The van der Waals surface area contributed by atoms with E-state index in [1.165, 1.54) is 38.6 Å². The molecule has 2 amide bonds. The Morgan fingerprint density at radius 2 is 1.98 bits per heavy atom. The number of ether oxygens (including phenoxy) is 1. The number of carbonyl (C=O) groups excluding carboxylic acids is 2. The highest BCUT2D eigenvalue weighted by Crippen LogP contribution is 2.47. The second-order valence-corrected chi connectivity index (χ2v) is 16.5. The minimum absolute atomic E-state index is 0.0507. The molecule has 0 bridgehead atoms. The van der Waals surface area contributed by atoms with E-state index in [2.05, 4.69) is 47.0 Å². The minimum Gasteiger partial charge on any atom is -0.507 e. The van der Waals surface area contributed by atoms with Gasteiger partial charge < -0.3 is 30.8 Å². The predicted molar refractivity (Wildman–Crippen MR) is 215 cm³/mol. The van der Waals surface area contributed by atoms with Crippen LogP contribution in [0.25, 0.3) is 0 Å². The molecule has 304 valence electrons. The number of hydrogen-bond donors (Lipinski definition) is 5. The molecule has 0 spiro atoms. The first-order valence-corrected chi connectivity index (χ1v) is 20.5. The number of aryl methyl sites for hydroxylation is 1.